The van der Waals surface area contributed by atoms with Gasteiger partial charge in [-0.15, -0.1) is 0 Å². The third-order valence-electron chi connectivity index (χ3n) is 2.19. The molecular formula is C10H16N2O. The lowest BCUT2D eigenvalue weighted by Gasteiger charge is -2.10. The molecule has 13 heavy (non-hydrogen) atoms. The Labute approximate surface area is 78.8 Å². The molecule has 0 aromatic carbocycles. The van der Waals surface area contributed by atoms with Gasteiger partial charge in [-0.05, 0) is 19.5 Å². The normalized spacial score (nSPS) is 12.8. The quantitative estimate of drug-likeness (QED) is 0.706. The number of nitrogens with zero attached hydrogens (tertiary/aromatic N) is 1. The molecule has 0 radical (unpaired) electrons. The van der Waals surface area contributed by atoms with Gasteiger partial charge < -0.3 is 9.88 Å². The zero-order chi connectivity index (χ0) is 9.84. The molecule has 3 heteroatoms. The van der Waals surface area contributed by atoms with Gasteiger partial charge in [0, 0.05) is 25.0 Å². The van der Waals surface area contributed by atoms with Gasteiger partial charge >= 0.3 is 0 Å². The fourth-order valence-corrected chi connectivity index (χ4v) is 1.37. The van der Waals surface area contributed by atoms with Crippen molar-refractivity contribution in [3.8, 4) is 0 Å². The second kappa shape index (κ2) is 4.23. The Balaban J connectivity index is 2.78. The maximum absolute atomic E-state index is 11.7. The smallest absolute Gasteiger partial charge is 0.181 e. The fraction of sp³-hybridized carbons (Fsp3) is 0.500. The summed E-state index contributed by atoms with van der Waals surface area (Å²) < 4.78 is 1.88. The maximum Gasteiger partial charge on any atom is 0.181 e. The van der Waals surface area contributed by atoms with Crippen molar-refractivity contribution >= 4 is 5.78 Å². The van der Waals surface area contributed by atoms with Crippen molar-refractivity contribution in [1.82, 2.24) is 9.88 Å². The summed E-state index contributed by atoms with van der Waals surface area (Å²) in [6.07, 6.45) is 4.56. The predicted octanol–water partition coefficient (Wildman–Crippen LogP) is 1.21. The number of carbonyl (C=O) groups excluding carboxylic acids is 1. The van der Waals surface area contributed by atoms with E-state index in [1.165, 1.54) is 0 Å². The molecule has 0 saturated heterocycles. The van der Waals surface area contributed by atoms with Crippen LogP contribution in [-0.4, -0.2) is 23.4 Å². The maximum atomic E-state index is 11.7. The van der Waals surface area contributed by atoms with Gasteiger partial charge in [0.2, 0.25) is 0 Å². The van der Waals surface area contributed by atoms with E-state index in [0.717, 1.165) is 12.0 Å². The largest absolute Gasteiger partial charge is 0.357 e. The number of Topliss-reactive ketones (excluding diaryl/α,β-unsaturated/α-hetero) is 1. The predicted molar refractivity (Wildman–Crippen MR) is 52.9 cm³/mol. The van der Waals surface area contributed by atoms with Crippen LogP contribution in [0, 0.1) is 0 Å². The average molecular weight is 180 g/mol. The Hall–Kier alpha value is -1.09. The molecule has 1 N–H and O–H groups in total. The van der Waals surface area contributed by atoms with Crippen LogP contribution in [0.5, 0.6) is 0 Å². The van der Waals surface area contributed by atoms with Gasteiger partial charge in [-0.2, -0.15) is 0 Å². The van der Waals surface area contributed by atoms with E-state index in [1.54, 1.807) is 0 Å². The van der Waals surface area contributed by atoms with E-state index in [4.69, 9.17) is 0 Å². The molecule has 3 nitrogen and oxygen atoms in total. The van der Waals surface area contributed by atoms with E-state index in [1.807, 2.05) is 44.0 Å². The van der Waals surface area contributed by atoms with Crippen molar-refractivity contribution in [2.24, 2.45) is 7.05 Å². The number of aromatic nitrogens is 1. The van der Waals surface area contributed by atoms with Crippen LogP contribution in [0.15, 0.2) is 18.5 Å². The van der Waals surface area contributed by atoms with Crippen molar-refractivity contribution < 1.29 is 4.79 Å². The number of rotatable bonds is 4. The Kier molecular flexibility index (Phi) is 3.25. The molecule has 0 bridgehead atoms. The standard InChI is InChI=1S/C10H16N2O/c1-4-9(11-2)10(13)8-5-6-12(3)7-8/h5-7,9,11H,4H2,1-3H3. The van der Waals surface area contributed by atoms with Crippen LogP contribution < -0.4 is 5.32 Å². The zero-order valence-electron chi connectivity index (χ0n) is 8.37. The Morgan fingerprint density at radius 1 is 1.69 bits per heavy atom. The average Bonchev–Trinajstić information content (AvgIpc) is 2.54. The lowest BCUT2D eigenvalue weighted by atomic mass is 10.1. The van der Waals surface area contributed by atoms with Gasteiger partial charge in [-0.25, -0.2) is 0 Å². The molecule has 1 heterocycles. The first-order valence-electron chi connectivity index (χ1n) is 4.52. The monoisotopic (exact) mass is 180 g/mol. The highest BCUT2D eigenvalue weighted by molar-refractivity contribution is 5.99. The third kappa shape index (κ3) is 2.18. The lowest BCUT2D eigenvalue weighted by Crippen LogP contribution is -2.33. The molecule has 0 amide bonds. The molecule has 0 spiro atoms. The zero-order valence-corrected chi connectivity index (χ0v) is 8.37. The van der Waals surface area contributed by atoms with Crippen molar-refractivity contribution in [2.45, 2.75) is 19.4 Å². The Bertz CT molecular complexity index is 287. The van der Waals surface area contributed by atoms with Crippen molar-refractivity contribution in [2.75, 3.05) is 7.05 Å². The number of hydrogen-bond acceptors (Lipinski definition) is 2. The second-order valence-electron chi connectivity index (χ2n) is 3.18. The highest BCUT2D eigenvalue weighted by atomic mass is 16.1. The van der Waals surface area contributed by atoms with E-state index in [9.17, 15) is 4.79 Å². The van der Waals surface area contributed by atoms with Crippen LogP contribution in [0.25, 0.3) is 0 Å². The van der Waals surface area contributed by atoms with Crippen LogP contribution in [0.2, 0.25) is 0 Å². The van der Waals surface area contributed by atoms with Crippen LogP contribution in [-0.2, 0) is 7.05 Å². The summed E-state index contributed by atoms with van der Waals surface area (Å²) in [4.78, 5) is 11.7. The van der Waals surface area contributed by atoms with Gasteiger partial charge in [0.05, 0.1) is 6.04 Å². The van der Waals surface area contributed by atoms with Gasteiger partial charge in [0.1, 0.15) is 0 Å². The first-order valence-corrected chi connectivity index (χ1v) is 4.52. The van der Waals surface area contributed by atoms with Crippen molar-refractivity contribution in [3.05, 3.63) is 24.0 Å². The SMILES string of the molecule is CCC(NC)C(=O)c1ccn(C)c1. The van der Waals surface area contributed by atoms with E-state index in [-0.39, 0.29) is 11.8 Å². The van der Waals surface area contributed by atoms with E-state index < -0.39 is 0 Å². The molecule has 1 rings (SSSR count). The molecular weight excluding hydrogens is 164 g/mol. The summed E-state index contributed by atoms with van der Waals surface area (Å²) in [7, 11) is 3.73. The van der Waals surface area contributed by atoms with Crippen LogP contribution in [0.4, 0.5) is 0 Å². The van der Waals surface area contributed by atoms with Crippen molar-refractivity contribution in [1.29, 1.82) is 0 Å². The summed E-state index contributed by atoms with van der Waals surface area (Å²) >= 11 is 0. The minimum atomic E-state index is -0.0533. The number of hydrogen-bond donors (Lipinski definition) is 1. The molecule has 0 fully saturated rings. The van der Waals surface area contributed by atoms with E-state index >= 15 is 0 Å². The summed E-state index contributed by atoms with van der Waals surface area (Å²) in [5, 5.41) is 3.00. The summed E-state index contributed by atoms with van der Waals surface area (Å²) in [6.45, 7) is 2.00. The molecule has 72 valence electrons. The molecule has 1 atom stereocenters. The van der Waals surface area contributed by atoms with E-state index in [0.29, 0.717) is 0 Å². The molecule has 1 aromatic heterocycles. The third-order valence-corrected chi connectivity index (χ3v) is 2.19. The molecule has 0 aliphatic heterocycles. The first-order chi connectivity index (χ1) is 6.19. The van der Waals surface area contributed by atoms with Gasteiger partial charge in [0.15, 0.2) is 5.78 Å². The highest BCUT2D eigenvalue weighted by Crippen LogP contribution is 2.05. The number of likely N-dealkylation sites (N-methyl/N-ethyl adjacent to an activating group) is 1. The minimum Gasteiger partial charge on any atom is -0.357 e. The topological polar surface area (TPSA) is 34.0 Å². The molecule has 0 aliphatic rings. The Morgan fingerprint density at radius 2 is 2.38 bits per heavy atom. The molecule has 0 aliphatic carbocycles. The van der Waals surface area contributed by atoms with Crippen LogP contribution in [0.3, 0.4) is 0 Å². The number of ketones is 1. The summed E-state index contributed by atoms with van der Waals surface area (Å²) in [6, 6.07) is 1.80. The van der Waals surface area contributed by atoms with Gasteiger partial charge in [0.25, 0.3) is 0 Å². The number of aryl methyl sites for hydroxylation is 1. The van der Waals surface area contributed by atoms with E-state index in [2.05, 4.69) is 5.32 Å². The van der Waals surface area contributed by atoms with Gasteiger partial charge in [-0.3, -0.25) is 4.79 Å². The summed E-state index contributed by atoms with van der Waals surface area (Å²) in [5.41, 5.74) is 0.781. The van der Waals surface area contributed by atoms with Crippen LogP contribution in [0.1, 0.15) is 23.7 Å². The number of nitrogens with one attached hydrogen (secondary N) is 1. The highest BCUT2D eigenvalue weighted by Gasteiger charge is 2.16. The van der Waals surface area contributed by atoms with Gasteiger partial charge in [-0.1, -0.05) is 6.92 Å². The number of carbonyl (C=O) groups is 1. The second-order valence-corrected chi connectivity index (χ2v) is 3.18. The molecule has 1 aromatic rings. The molecule has 0 saturated carbocycles. The minimum absolute atomic E-state index is 0.0533. The lowest BCUT2D eigenvalue weighted by molar-refractivity contribution is 0.0945. The van der Waals surface area contributed by atoms with Crippen molar-refractivity contribution in [3.63, 3.8) is 0 Å². The van der Waals surface area contributed by atoms with Crippen LogP contribution >= 0.6 is 0 Å². The Morgan fingerprint density at radius 3 is 2.77 bits per heavy atom. The molecule has 1 unspecified atom stereocenters. The first kappa shape index (κ1) is 9.99. The summed E-state index contributed by atoms with van der Waals surface area (Å²) in [5.74, 6) is 0.172. The fourth-order valence-electron chi connectivity index (χ4n) is 1.37.